The van der Waals surface area contributed by atoms with Crippen LogP contribution in [0.5, 0.6) is 0 Å². The van der Waals surface area contributed by atoms with Crippen LogP contribution in [0.1, 0.15) is 57.4 Å². The van der Waals surface area contributed by atoms with Crippen LogP contribution in [0.4, 0.5) is 0 Å². The van der Waals surface area contributed by atoms with Gasteiger partial charge in [0.1, 0.15) is 6.04 Å². The molecule has 7 nitrogen and oxygen atoms in total. The van der Waals surface area contributed by atoms with Crippen molar-refractivity contribution >= 4 is 45.4 Å². The zero-order chi connectivity index (χ0) is 30.7. The Kier molecular flexibility index (Phi) is 10.4. The van der Waals surface area contributed by atoms with Crippen LogP contribution >= 0.6 is 27.7 Å². The van der Waals surface area contributed by atoms with Crippen LogP contribution in [-0.4, -0.2) is 96.7 Å². The summed E-state index contributed by atoms with van der Waals surface area (Å²) in [6.45, 7) is 11.1. The Morgan fingerprint density at radius 1 is 1.14 bits per heavy atom. The summed E-state index contributed by atoms with van der Waals surface area (Å²) in [5.74, 6) is -1.43. The molecular formula is C34H46BrN3O4S. The number of alkyl halides is 1. The average Bonchev–Trinajstić information content (AvgIpc) is 3.62. The predicted molar refractivity (Wildman–Crippen MR) is 176 cm³/mol. The van der Waals surface area contributed by atoms with E-state index in [2.05, 4.69) is 29.1 Å². The number of amides is 3. The first-order valence-corrected chi connectivity index (χ1v) is 17.7. The highest BCUT2D eigenvalue weighted by atomic mass is 79.9. The lowest BCUT2D eigenvalue weighted by Crippen LogP contribution is -2.60. The van der Waals surface area contributed by atoms with Crippen molar-refractivity contribution in [1.29, 1.82) is 0 Å². The Hall–Kier alpha value is -2.10. The first-order valence-electron chi connectivity index (χ1n) is 15.9. The molecule has 3 saturated heterocycles. The van der Waals surface area contributed by atoms with Gasteiger partial charge in [0.25, 0.3) is 0 Å². The van der Waals surface area contributed by atoms with Crippen LogP contribution in [0.3, 0.4) is 0 Å². The van der Waals surface area contributed by atoms with Gasteiger partial charge in [-0.25, -0.2) is 0 Å². The zero-order valence-electron chi connectivity index (χ0n) is 25.3. The van der Waals surface area contributed by atoms with Crippen LogP contribution in [0.2, 0.25) is 0 Å². The minimum Gasteiger partial charge on any atom is -0.394 e. The molecule has 0 aromatic heterocycles. The molecule has 5 rings (SSSR count). The molecule has 3 heterocycles. The molecule has 1 aliphatic carbocycles. The number of carbonyl (C=O) groups is 3. The number of benzene rings is 1. The maximum absolute atomic E-state index is 15.0. The molecule has 0 radical (unpaired) electrons. The molecule has 43 heavy (non-hydrogen) atoms. The van der Waals surface area contributed by atoms with Gasteiger partial charge in [0, 0.05) is 35.8 Å². The SMILES string of the molecule is C=CCN(CCC)C(=O)[C@H]1[C@@H]2SC3(CC2Br)C(C(=O)N(CC=C)C2CCCCC2)N([C@@H](CO)Cc2ccccc2)C(=O)[C@H]13. The van der Waals surface area contributed by atoms with Crippen molar-refractivity contribution in [1.82, 2.24) is 14.7 Å². The van der Waals surface area contributed by atoms with E-state index in [1.165, 1.54) is 6.42 Å². The summed E-state index contributed by atoms with van der Waals surface area (Å²) in [4.78, 5) is 49.5. The average molecular weight is 673 g/mol. The summed E-state index contributed by atoms with van der Waals surface area (Å²) < 4.78 is -0.752. The van der Waals surface area contributed by atoms with Crippen molar-refractivity contribution in [3.8, 4) is 0 Å². The summed E-state index contributed by atoms with van der Waals surface area (Å²) in [7, 11) is 0. The number of likely N-dealkylation sites (tertiary alicyclic amines) is 1. The van der Waals surface area contributed by atoms with Gasteiger partial charge in [-0.2, -0.15) is 0 Å². The predicted octanol–water partition coefficient (Wildman–Crippen LogP) is 4.83. The summed E-state index contributed by atoms with van der Waals surface area (Å²) >= 11 is 5.57. The van der Waals surface area contributed by atoms with Crippen molar-refractivity contribution < 1.29 is 19.5 Å². The van der Waals surface area contributed by atoms with E-state index in [1.807, 2.05) is 47.1 Å². The van der Waals surface area contributed by atoms with E-state index in [0.29, 0.717) is 32.5 Å². The lowest BCUT2D eigenvalue weighted by atomic mass is 9.70. The van der Waals surface area contributed by atoms with Crippen molar-refractivity contribution in [2.75, 3.05) is 26.2 Å². The Balaban J connectivity index is 1.59. The Labute approximate surface area is 269 Å². The molecule has 1 saturated carbocycles. The van der Waals surface area contributed by atoms with Gasteiger partial charge in [-0.05, 0) is 37.7 Å². The van der Waals surface area contributed by atoms with Crippen LogP contribution in [-0.2, 0) is 20.8 Å². The minimum atomic E-state index is -0.764. The zero-order valence-corrected chi connectivity index (χ0v) is 27.7. The van der Waals surface area contributed by atoms with E-state index >= 15 is 0 Å². The number of fused-ring (bicyclic) bond motifs is 1. The Bertz CT molecular complexity index is 1190. The first kappa shape index (κ1) is 32.3. The summed E-state index contributed by atoms with van der Waals surface area (Å²) in [6, 6.07) is 8.58. The lowest BCUT2D eigenvalue weighted by Gasteiger charge is -2.43. The number of carbonyl (C=O) groups excluding carboxylic acids is 3. The topological polar surface area (TPSA) is 81.2 Å². The van der Waals surface area contributed by atoms with Gasteiger partial charge in [0.15, 0.2) is 0 Å². The maximum atomic E-state index is 15.0. The van der Waals surface area contributed by atoms with Gasteiger partial charge >= 0.3 is 0 Å². The van der Waals surface area contributed by atoms with Gasteiger partial charge in [-0.15, -0.1) is 24.9 Å². The van der Waals surface area contributed by atoms with Crippen molar-refractivity contribution in [3.05, 3.63) is 61.2 Å². The van der Waals surface area contributed by atoms with E-state index in [0.717, 1.165) is 37.7 Å². The third-order valence-corrected chi connectivity index (χ3v) is 13.2. The quantitative estimate of drug-likeness (QED) is 0.240. The van der Waals surface area contributed by atoms with Crippen LogP contribution in [0.15, 0.2) is 55.6 Å². The van der Waals surface area contributed by atoms with Crippen LogP contribution < -0.4 is 0 Å². The highest BCUT2D eigenvalue weighted by molar-refractivity contribution is 9.09. The number of aliphatic hydroxyl groups excluding tert-OH is 1. The fraction of sp³-hybridized carbons (Fsp3) is 0.618. The molecule has 1 aromatic carbocycles. The number of halogens is 1. The minimum absolute atomic E-state index is 0.00203. The van der Waals surface area contributed by atoms with E-state index in [1.54, 1.807) is 28.8 Å². The van der Waals surface area contributed by atoms with E-state index in [9.17, 15) is 19.5 Å². The summed E-state index contributed by atoms with van der Waals surface area (Å²) in [5.41, 5.74) is 0.994. The standard InChI is InChI=1S/C34H46BrN3O4S/c1-4-17-36(18-5-2)31(40)27-28-32(41)38(25(22-39)20-23-13-9-7-10-14-23)30(34(28)21-26(35)29(27)43-34)33(42)37(19-6-3)24-15-11-8-12-16-24/h4,6-7,9-10,13-14,24-30,39H,1,3,5,8,11-12,15-22H2,2H3/t25-,26?,27-,28+,29-,30?,34?/m1/s1. The van der Waals surface area contributed by atoms with Crippen molar-refractivity contribution in [2.45, 2.75) is 91.2 Å². The van der Waals surface area contributed by atoms with E-state index in [4.69, 9.17) is 0 Å². The number of thioether (sulfide) groups is 1. The second-order valence-electron chi connectivity index (χ2n) is 12.6. The molecular weight excluding hydrogens is 626 g/mol. The fourth-order valence-electron chi connectivity index (χ4n) is 8.20. The molecule has 2 bridgehead atoms. The maximum Gasteiger partial charge on any atom is 0.247 e. The lowest BCUT2D eigenvalue weighted by molar-refractivity contribution is -0.148. The summed E-state index contributed by atoms with van der Waals surface area (Å²) in [5, 5.41) is 10.7. The molecule has 3 amide bonds. The Morgan fingerprint density at radius 2 is 1.84 bits per heavy atom. The molecule has 3 unspecified atom stereocenters. The normalized spacial score (nSPS) is 30.6. The van der Waals surface area contributed by atoms with Gasteiger partial charge in [-0.1, -0.05) is 84.6 Å². The smallest absolute Gasteiger partial charge is 0.247 e. The van der Waals surface area contributed by atoms with Gasteiger partial charge in [0.2, 0.25) is 17.7 Å². The molecule has 4 aliphatic rings. The molecule has 7 atom stereocenters. The second-order valence-corrected chi connectivity index (χ2v) is 15.3. The summed E-state index contributed by atoms with van der Waals surface area (Å²) in [6.07, 6.45) is 10.6. The van der Waals surface area contributed by atoms with Crippen molar-refractivity contribution in [2.24, 2.45) is 11.8 Å². The molecule has 1 spiro atoms. The largest absolute Gasteiger partial charge is 0.394 e. The monoisotopic (exact) mass is 671 g/mol. The molecule has 234 valence electrons. The third-order valence-electron chi connectivity index (χ3n) is 9.94. The first-order chi connectivity index (χ1) is 20.8. The number of nitrogens with zero attached hydrogens (tertiary/aromatic N) is 3. The Morgan fingerprint density at radius 3 is 2.47 bits per heavy atom. The molecule has 9 heteroatoms. The van der Waals surface area contributed by atoms with Gasteiger partial charge in [0.05, 0.1) is 29.2 Å². The number of aliphatic hydroxyl groups is 1. The van der Waals surface area contributed by atoms with Crippen molar-refractivity contribution in [3.63, 3.8) is 0 Å². The van der Waals surface area contributed by atoms with Gasteiger partial charge < -0.3 is 19.8 Å². The van der Waals surface area contributed by atoms with Crippen LogP contribution in [0.25, 0.3) is 0 Å². The molecule has 4 fully saturated rings. The highest BCUT2D eigenvalue weighted by Crippen LogP contribution is 2.68. The molecule has 3 aliphatic heterocycles. The number of hydrogen-bond donors (Lipinski definition) is 1. The van der Waals surface area contributed by atoms with E-state index in [-0.39, 0.29) is 40.4 Å². The van der Waals surface area contributed by atoms with E-state index < -0.39 is 28.7 Å². The van der Waals surface area contributed by atoms with Crippen LogP contribution in [0, 0.1) is 11.8 Å². The fourth-order valence-corrected chi connectivity index (χ4v) is 11.8. The third kappa shape index (κ3) is 5.86. The molecule has 1 aromatic rings. The number of rotatable bonds is 13. The highest BCUT2D eigenvalue weighted by Gasteiger charge is 2.76. The second kappa shape index (κ2) is 13.9. The van der Waals surface area contributed by atoms with Gasteiger partial charge in [-0.3, -0.25) is 14.4 Å². The molecule has 1 N–H and O–H groups in total. The number of hydrogen-bond acceptors (Lipinski definition) is 5.